The summed E-state index contributed by atoms with van der Waals surface area (Å²) in [6, 6.07) is 0. The van der Waals surface area contributed by atoms with Gasteiger partial charge in [0, 0.05) is 0 Å². The van der Waals surface area contributed by atoms with Crippen LogP contribution in [0.25, 0.3) is 0 Å². The van der Waals surface area contributed by atoms with Crippen LogP contribution < -0.4 is 5.73 Å². The monoisotopic (exact) mass is 497 g/mol. The number of amides is 1. The molecule has 4 nitrogen and oxygen atoms in total. The largest absolute Gasteiger partial charge is 0.365 e. The van der Waals surface area contributed by atoms with Gasteiger partial charge >= 0.3 is 0 Å². The van der Waals surface area contributed by atoms with Crippen LogP contribution in [-0.4, -0.2) is 24.9 Å². The lowest BCUT2D eigenvalue weighted by Gasteiger charge is -2.26. The Kier molecular flexibility index (Phi) is 26.0. The van der Waals surface area contributed by atoms with E-state index in [1.165, 1.54) is 128 Å². The fourth-order valence-corrected chi connectivity index (χ4v) is 4.60. The molecule has 0 aliphatic heterocycles. The Morgan fingerprint density at radius 3 is 0.943 bits per heavy atom. The maximum Gasteiger partial charge on any atom is 0.277 e. The minimum Gasteiger partial charge on any atom is -0.365 e. The lowest BCUT2D eigenvalue weighted by atomic mass is 10.1. The van der Waals surface area contributed by atoms with Gasteiger partial charge in [0.05, 0.1) is 13.2 Å². The first-order valence-electron chi connectivity index (χ1n) is 15.6. The molecule has 0 atom stereocenters. The van der Waals surface area contributed by atoms with Gasteiger partial charge in [-0.15, -0.1) is 0 Å². The van der Waals surface area contributed by atoms with E-state index in [0.717, 1.165) is 25.7 Å². The summed E-state index contributed by atoms with van der Waals surface area (Å²) in [7, 11) is 0. The molecule has 4 heteroatoms. The molecule has 0 rings (SSSR count). The molecule has 0 aliphatic carbocycles. The molecule has 0 radical (unpaired) electrons. The summed E-state index contributed by atoms with van der Waals surface area (Å²) in [4.78, 5) is 11.9. The molecule has 0 fully saturated rings. The van der Waals surface area contributed by atoms with Gasteiger partial charge in [0.15, 0.2) is 0 Å². The third kappa shape index (κ3) is 23.5. The first kappa shape index (κ1) is 34.4. The van der Waals surface area contributed by atoms with Crippen LogP contribution in [0.1, 0.15) is 175 Å². The highest BCUT2D eigenvalue weighted by atomic mass is 16.7. The molecule has 0 aromatic carbocycles. The molecular formula is C31H63NO3. The van der Waals surface area contributed by atoms with Crippen LogP contribution in [0.15, 0.2) is 0 Å². The number of carbonyl (C=O) groups is 1. The average Bonchev–Trinajstić information content (AvgIpc) is 2.84. The minimum absolute atomic E-state index is 0.518. The van der Waals surface area contributed by atoms with Gasteiger partial charge in [-0.25, -0.2) is 0 Å². The van der Waals surface area contributed by atoms with Crippen molar-refractivity contribution in [1.29, 1.82) is 0 Å². The predicted octanol–water partition coefficient (Wildman–Crippen LogP) is 9.62. The van der Waals surface area contributed by atoms with Crippen LogP contribution in [0, 0.1) is 0 Å². The predicted molar refractivity (Wildman–Crippen MR) is 152 cm³/mol. The zero-order valence-corrected chi connectivity index (χ0v) is 24.2. The molecule has 0 aliphatic rings. The zero-order valence-electron chi connectivity index (χ0n) is 24.2. The molecule has 35 heavy (non-hydrogen) atoms. The summed E-state index contributed by atoms with van der Waals surface area (Å²) in [5.74, 6) is -1.80. The van der Waals surface area contributed by atoms with Crippen LogP contribution in [0.2, 0.25) is 0 Å². The molecule has 0 bridgehead atoms. The summed E-state index contributed by atoms with van der Waals surface area (Å²) in [6.45, 7) is 7.29. The second kappa shape index (κ2) is 26.5. The number of hydrogen-bond acceptors (Lipinski definition) is 3. The van der Waals surface area contributed by atoms with Crippen molar-refractivity contribution in [3.05, 3.63) is 0 Å². The van der Waals surface area contributed by atoms with E-state index in [-0.39, 0.29) is 0 Å². The standard InChI is InChI=1S/C31H63NO3/c1-4-6-8-10-12-14-16-18-20-22-24-26-28-34-31(3,30(32)33)35-29-27-25-23-21-19-17-15-13-11-9-7-5-2/h4-29H2,1-3H3,(H2,32,33). The lowest BCUT2D eigenvalue weighted by molar-refractivity contribution is -0.220. The first-order valence-corrected chi connectivity index (χ1v) is 15.6. The molecule has 0 aromatic rings. The zero-order chi connectivity index (χ0) is 25.9. The molecule has 0 saturated carbocycles. The molecule has 0 aromatic heterocycles. The number of rotatable bonds is 29. The average molecular weight is 498 g/mol. The van der Waals surface area contributed by atoms with E-state index >= 15 is 0 Å². The van der Waals surface area contributed by atoms with Crippen molar-refractivity contribution in [3.8, 4) is 0 Å². The summed E-state index contributed by atoms with van der Waals surface area (Å²) in [5, 5.41) is 0. The summed E-state index contributed by atoms with van der Waals surface area (Å²) in [5.41, 5.74) is 5.58. The van der Waals surface area contributed by atoms with Gasteiger partial charge in [0.1, 0.15) is 0 Å². The highest BCUT2D eigenvalue weighted by molar-refractivity contribution is 5.81. The van der Waals surface area contributed by atoms with Crippen LogP contribution in [0.5, 0.6) is 0 Å². The van der Waals surface area contributed by atoms with Crippen molar-refractivity contribution < 1.29 is 14.3 Å². The van der Waals surface area contributed by atoms with Gasteiger partial charge < -0.3 is 15.2 Å². The van der Waals surface area contributed by atoms with E-state index in [2.05, 4.69) is 13.8 Å². The Morgan fingerprint density at radius 2 is 0.714 bits per heavy atom. The number of nitrogens with two attached hydrogens (primary N) is 1. The fraction of sp³-hybridized carbons (Fsp3) is 0.968. The molecule has 0 unspecified atom stereocenters. The number of unbranched alkanes of at least 4 members (excludes halogenated alkanes) is 22. The molecular weight excluding hydrogens is 434 g/mol. The van der Waals surface area contributed by atoms with Gasteiger partial charge in [0.25, 0.3) is 5.91 Å². The lowest BCUT2D eigenvalue weighted by Crippen LogP contribution is -2.46. The van der Waals surface area contributed by atoms with E-state index < -0.39 is 11.7 Å². The SMILES string of the molecule is CCCCCCCCCCCCCCOC(C)(OCCCCCCCCCCCCCC)C(N)=O. The second-order valence-electron chi connectivity index (χ2n) is 10.8. The molecule has 0 saturated heterocycles. The smallest absolute Gasteiger partial charge is 0.277 e. The summed E-state index contributed by atoms with van der Waals surface area (Å²) in [6.07, 6.45) is 31.4. The molecule has 210 valence electrons. The molecule has 2 N–H and O–H groups in total. The van der Waals surface area contributed by atoms with Crippen molar-refractivity contribution in [1.82, 2.24) is 0 Å². The Labute approximate surface area is 219 Å². The van der Waals surface area contributed by atoms with Crippen molar-refractivity contribution in [2.45, 2.75) is 181 Å². The minimum atomic E-state index is -1.28. The van der Waals surface area contributed by atoms with Gasteiger partial charge in [-0.3, -0.25) is 4.79 Å². The topological polar surface area (TPSA) is 61.6 Å². The van der Waals surface area contributed by atoms with Crippen LogP contribution in [0.3, 0.4) is 0 Å². The quantitative estimate of drug-likeness (QED) is 0.0826. The van der Waals surface area contributed by atoms with Crippen LogP contribution in [-0.2, 0) is 14.3 Å². The highest BCUT2D eigenvalue weighted by Gasteiger charge is 2.32. The summed E-state index contributed by atoms with van der Waals surface area (Å²) < 4.78 is 11.6. The van der Waals surface area contributed by atoms with Gasteiger partial charge in [0.2, 0.25) is 5.79 Å². The Balaban J connectivity index is 3.57. The maximum absolute atomic E-state index is 11.9. The Bertz CT molecular complexity index is 411. The number of ether oxygens (including phenoxy) is 2. The number of hydrogen-bond donors (Lipinski definition) is 1. The number of primary amides is 1. The third-order valence-corrected chi connectivity index (χ3v) is 7.20. The highest BCUT2D eigenvalue weighted by Crippen LogP contribution is 2.17. The van der Waals surface area contributed by atoms with Crippen molar-refractivity contribution in [2.24, 2.45) is 5.73 Å². The first-order chi connectivity index (χ1) is 17.1. The van der Waals surface area contributed by atoms with E-state index in [4.69, 9.17) is 15.2 Å². The second-order valence-corrected chi connectivity index (χ2v) is 10.8. The van der Waals surface area contributed by atoms with Crippen LogP contribution in [0.4, 0.5) is 0 Å². The normalized spacial score (nSPS) is 11.9. The molecule has 0 spiro atoms. The van der Waals surface area contributed by atoms with E-state index in [0.29, 0.717) is 13.2 Å². The fourth-order valence-electron chi connectivity index (χ4n) is 4.60. The van der Waals surface area contributed by atoms with Crippen molar-refractivity contribution in [2.75, 3.05) is 13.2 Å². The van der Waals surface area contributed by atoms with E-state index in [9.17, 15) is 4.79 Å². The van der Waals surface area contributed by atoms with E-state index in [1.54, 1.807) is 6.92 Å². The maximum atomic E-state index is 11.9. The summed E-state index contributed by atoms with van der Waals surface area (Å²) >= 11 is 0. The molecule has 1 amide bonds. The van der Waals surface area contributed by atoms with E-state index in [1.807, 2.05) is 0 Å². The molecule has 0 heterocycles. The Hall–Kier alpha value is -0.610. The van der Waals surface area contributed by atoms with Gasteiger partial charge in [-0.2, -0.15) is 0 Å². The van der Waals surface area contributed by atoms with Crippen molar-refractivity contribution in [3.63, 3.8) is 0 Å². The van der Waals surface area contributed by atoms with Crippen LogP contribution >= 0.6 is 0 Å². The van der Waals surface area contributed by atoms with Gasteiger partial charge in [-0.1, -0.05) is 155 Å². The Morgan fingerprint density at radius 1 is 0.486 bits per heavy atom. The van der Waals surface area contributed by atoms with Gasteiger partial charge in [-0.05, 0) is 19.8 Å². The number of carbonyl (C=O) groups excluding carboxylic acids is 1. The third-order valence-electron chi connectivity index (χ3n) is 7.20. The van der Waals surface area contributed by atoms with Crippen molar-refractivity contribution >= 4 is 5.91 Å².